The van der Waals surface area contributed by atoms with Gasteiger partial charge >= 0.3 is 0 Å². The van der Waals surface area contributed by atoms with Crippen molar-refractivity contribution in [2.75, 3.05) is 5.32 Å². The van der Waals surface area contributed by atoms with E-state index in [9.17, 15) is 0 Å². The standard InChI is InChI=1S/C14H11N5/c15-9-11-1-3-12(4-2-11)10-17-14-13-5-6-18-19(13)8-7-16-14/h1-8H,10H2,(H,16,17). The second-order valence-electron chi connectivity index (χ2n) is 4.10. The maximum atomic E-state index is 8.75. The fourth-order valence-corrected chi connectivity index (χ4v) is 1.88. The van der Waals surface area contributed by atoms with Crippen molar-refractivity contribution in [1.29, 1.82) is 5.26 Å². The average Bonchev–Trinajstić information content (AvgIpc) is 2.94. The molecule has 0 spiro atoms. The number of nitrogens with one attached hydrogen (secondary N) is 1. The topological polar surface area (TPSA) is 66.0 Å². The van der Waals surface area contributed by atoms with Gasteiger partial charge in [-0.1, -0.05) is 12.1 Å². The van der Waals surface area contributed by atoms with E-state index in [0.717, 1.165) is 16.9 Å². The Labute approximate surface area is 110 Å². The molecule has 0 unspecified atom stereocenters. The fourth-order valence-electron chi connectivity index (χ4n) is 1.88. The number of aromatic nitrogens is 3. The van der Waals surface area contributed by atoms with Gasteiger partial charge in [-0.3, -0.25) is 0 Å². The molecular formula is C14H11N5. The molecule has 92 valence electrons. The van der Waals surface area contributed by atoms with E-state index in [1.54, 1.807) is 16.9 Å². The van der Waals surface area contributed by atoms with E-state index in [0.29, 0.717) is 12.1 Å². The lowest BCUT2D eigenvalue weighted by Crippen LogP contribution is -2.03. The Morgan fingerprint density at radius 3 is 2.79 bits per heavy atom. The zero-order valence-corrected chi connectivity index (χ0v) is 10.1. The minimum Gasteiger partial charge on any atom is -0.364 e. The highest BCUT2D eigenvalue weighted by Gasteiger charge is 2.02. The summed E-state index contributed by atoms with van der Waals surface area (Å²) in [6, 6.07) is 11.5. The number of hydrogen-bond donors (Lipinski definition) is 1. The summed E-state index contributed by atoms with van der Waals surface area (Å²) >= 11 is 0. The molecule has 2 heterocycles. The molecule has 5 heteroatoms. The van der Waals surface area contributed by atoms with Crippen molar-refractivity contribution in [3.05, 3.63) is 60.0 Å². The highest BCUT2D eigenvalue weighted by atomic mass is 15.2. The van der Waals surface area contributed by atoms with Crippen molar-refractivity contribution in [3.8, 4) is 6.07 Å². The van der Waals surface area contributed by atoms with Gasteiger partial charge in [-0.2, -0.15) is 10.4 Å². The Bertz CT molecular complexity index is 736. The summed E-state index contributed by atoms with van der Waals surface area (Å²) in [6.45, 7) is 0.656. The third-order valence-corrected chi connectivity index (χ3v) is 2.87. The van der Waals surface area contributed by atoms with Gasteiger partial charge in [0.1, 0.15) is 5.52 Å². The molecule has 0 aliphatic carbocycles. The Balaban J connectivity index is 1.78. The van der Waals surface area contributed by atoms with Crippen molar-refractivity contribution in [2.45, 2.75) is 6.54 Å². The molecule has 0 fully saturated rings. The lowest BCUT2D eigenvalue weighted by molar-refractivity contribution is 0.942. The number of benzene rings is 1. The molecule has 0 bridgehead atoms. The maximum absolute atomic E-state index is 8.75. The zero-order chi connectivity index (χ0) is 13.1. The first-order valence-corrected chi connectivity index (χ1v) is 5.88. The van der Waals surface area contributed by atoms with Crippen LogP contribution in [0.3, 0.4) is 0 Å². The zero-order valence-electron chi connectivity index (χ0n) is 10.1. The average molecular weight is 249 g/mol. The summed E-state index contributed by atoms with van der Waals surface area (Å²) in [5.41, 5.74) is 2.71. The summed E-state index contributed by atoms with van der Waals surface area (Å²) < 4.78 is 1.77. The minimum atomic E-state index is 0.656. The third-order valence-electron chi connectivity index (χ3n) is 2.87. The van der Waals surface area contributed by atoms with Crippen LogP contribution in [0.25, 0.3) is 5.52 Å². The van der Waals surface area contributed by atoms with Crippen molar-refractivity contribution in [2.24, 2.45) is 0 Å². The van der Waals surface area contributed by atoms with E-state index < -0.39 is 0 Å². The lowest BCUT2D eigenvalue weighted by atomic mass is 10.1. The number of rotatable bonds is 3. The normalized spacial score (nSPS) is 10.3. The largest absolute Gasteiger partial charge is 0.364 e. The molecule has 0 amide bonds. The lowest BCUT2D eigenvalue weighted by Gasteiger charge is -2.07. The maximum Gasteiger partial charge on any atom is 0.152 e. The van der Waals surface area contributed by atoms with Crippen LogP contribution in [0.15, 0.2) is 48.9 Å². The van der Waals surface area contributed by atoms with Crippen molar-refractivity contribution in [3.63, 3.8) is 0 Å². The quantitative estimate of drug-likeness (QED) is 0.772. The smallest absolute Gasteiger partial charge is 0.152 e. The molecule has 5 nitrogen and oxygen atoms in total. The number of nitriles is 1. The van der Waals surface area contributed by atoms with E-state index in [2.05, 4.69) is 21.5 Å². The summed E-state index contributed by atoms with van der Waals surface area (Å²) in [4.78, 5) is 4.30. The van der Waals surface area contributed by atoms with E-state index in [-0.39, 0.29) is 0 Å². The van der Waals surface area contributed by atoms with Gasteiger partial charge in [-0.15, -0.1) is 0 Å². The first kappa shape index (κ1) is 11.2. The summed E-state index contributed by atoms with van der Waals surface area (Å²) in [5, 5.41) is 16.2. The van der Waals surface area contributed by atoms with Gasteiger partial charge in [0, 0.05) is 18.9 Å². The Kier molecular flexibility index (Phi) is 2.83. The van der Waals surface area contributed by atoms with E-state index in [1.807, 2.05) is 36.5 Å². The molecule has 0 saturated carbocycles. The van der Waals surface area contributed by atoms with Gasteiger partial charge in [0.15, 0.2) is 5.82 Å². The predicted molar refractivity (Wildman–Crippen MR) is 71.5 cm³/mol. The minimum absolute atomic E-state index is 0.656. The number of hydrogen-bond acceptors (Lipinski definition) is 4. The number of nitrogens with zero attached hydrogens (tertiary/aromatic N) is 4. The van der Waals surface area contributed by atoms with Crippen LogP contribution in [0.4, 0.5) is 5.82 Å². The van der Waals surface area contributed by atoms with Crippen molar-refractivity contribution in [1.82, 2.24) is 14.6 Å². The molecule has 0 aliphatic rings. The molecule has 1 N–H and O–H groups in total. The van der Waals surface area contributed by atoms with Gasteiger partial charge < -0.3 is 5.32 Å². The Morgan fingerprint density at radius 1 is 1.16 bits per heavy atom. The highest BCUT2D eigenvalue weighted by molar-refractivity contribution is 5.66. The van der Waals surface area contributed by atoms with Gasteiger partial charge in [-0.25, -0.2) is 9.50 Å². The van der Waals surface area contributed by atoms with Crippen molar-refractivity contribution < 1.29 is 0 Å². The van der Waals surface area contributed by atoms with E-state index >= 15 is 0 Å². The van der Waals surface area contributed by atoms with Crippen molar-refractivity contribution >= 4 is 11.3 Å². The van der Waals surface area contributed by atoms with Gasteiger partial charge in [0.05, 0.1) is 17.8 Å². The van der Waals surface area contributed by atoms with Crippen LogP contribution < -0.4 is 5.32 Å². The van der Waals surface area contributed by atoms with Crippen LogP contribution in [-0.4, -0.2) is 14.6 Å². The fraction of sp³-hybridized carbons (Fsp3) is 0.0714. The van der Waals surface area contributed by atoms with Crippen LogP contribution in [0.1, 0.15) is 11.1 Å². The van der Waals surface area contributed by atoms with Crippen LogP contribution in [-0.2, 0) is 6.54 Å². The van der Waals surface area contributed by atoms with Gasteiger partial charge in [0.2, 0.25) is 0 Å². The first-order chi connectivity index (χ1) is 9.36. The van der Waals surface area contributed by atoms with E-state index in [4.69, 9.17) is 5.26 Å². The van der Waals surface area contributed by atoms with Crippen LogP contribution in [0, 0.1) is 11.3 Å². The SMILES string of the molecule is N#Cc1ccc(CNc2nccn3nccc23)cc1. The number of fused-ring (bicyclic) bond motifs is 1. The molecule has 0 radical (unpaired) electrons. The molecule has 19 heavy (non-hydrogen) atoms. The van der Waals surface area contributed by atoms with Gasteiger partial charge in [-0.05, 0) is 23.8 Å². The molecule has 1 aromatic carbocycles. The molecule has 2 aromatic heterocycles. The summed E-state index contributed by atoms with van der Waals surface area (Å²) in [5.74, 6) is 0.796. The summed E-state index contributed by atoms with van der Waals surface area (Å²) in [6.07, 6.45) is 5.26. The molecular weight excluding hydrogens is 238 g/mol. The van der Waals surface area contributed by atoms with E-state index in [1.165, 1.54) is 0 Å². The van der Waals surface area contributed by atoms with Crippen LogP contribution >= 0.6 is 0 Å². The van der Waals surface area contributed by atoms with Crippen LogP contribution in [0.2, 0.25) is 0 Å². The monoisotopic (exact) mass is 249 g/mol. The predicted octanol–water partition coefficient (Wildman–Crippen LogP) is 2.21. The second kappa shape index (κ2) is 4.78. The molecule has 3 rings (SSSR count). The molecule has 0 atom stereocenters. The van der Waals surface area contributed by atoms with Gasteiger partial charge in [0.25, 0.3) is 0 Å². The second-order valence-corrected chi connectivity index (χ2v) is 4.10. The number of anilines is 1. The molecule has 0 aliphatic heterocycles. The first-order valence-electron chi connectivity index (χ1n) is 5.88. The highest BCUT2D eigenvalue weighted by Crippen LogP contribution is 2.13. The Hall–Kier alpha value is -2.87. The van der Waals surface area contributed by atoms with Crippen LogP contribution in [0.5, 0.6) is 0 Å². The summed E-state index contributed by atoms with van der Waals surface area (Å²) in [7, 11) is 0. The Morgan fingerprint density at radius 2 is 2.00 bits per heavy atom. The molecule has 3 aromatic rings. The molecule has 0 saturated heterocycles. The third kappa shape index (κ3) is 2.24.